The van der Waals surface area contributed by atoms with Crippen LogP contribution in [0.25, 0.3) is 11.0 Å². The van der Waals surface area contributed by atoms with Crippen molar-refractivity contribution in [2.45, 2.75) is 43.6 Å². The average Bonchev–Trinajstić information content (AvgIpc) is 3.59. The van der Waals surface area contributed by atoms with Crippen molar-refractivity contribution in [2.24, 2.45) is 12.8 Å². The Morgan fingerprint density at radius 2 is 1.90 bits per heavy atom. The lowest BCUT2D eigenvalue weighted by molar-refractivity contribution is -0.142. The molecule has 2 aliphatic rings. The van der Waals surface area contributed by atoms with Crippen molar-refractivity contribution >= 4 is 34.7 Å². The number of nitrogens with zero attached hydrogens (tertiary/aromatic N) is 3. The Balaban J connectivity index is 1.43. The summed E-state index contributed by atoms with van der Waals surface area (Å²) in [5.74, 6) is -1.75. The molecule has 2 amide bonds. The molecule has 202 valence electrons. The quantitative estimate of drug-likeness (QED) is 0.249. The van der Waals surface area contributed by atoms with Crippen LogP contribution < -0.4 is 16.6 Å². The Morgan fingerprint density at radius 3 is 2.54 bits per heavy atom. The Bertz CT molecular complexity index is 1560. The van der Waals surface area contributed by atoms with E-state index in [0.29, 0.717) is 60.9 Å². The SMILES string of the molecule is Cn1c(=O)c(Cc2ccc(C(=N)N)cc2)nc2cc(C3(C(=O)N4CCCC4C(=O)NCC(=O)O)CC3)ccc21. The molecule has 1 aliphatic carbocycles. The number of amides is 2. The maximum Gasteiger partial charge on any atom is 0.322 e. The molecular weight excluding hydrogens is 500 g/mol. The third-order valence-electron chi connectivity index (χ3n) is 7.72. The molecule has 3 aromatic rings. The van der Waals surface area contributed by atoms with Crippen molar-refractivity contribution in [1.82, 2.24) is 19.8 Å². The number of carbonyl (C=O) groups excluding carboxylic acids is 2. The van der Waals surface area contributed by atoms with E-state index in [1.165, 1.54) is 0 Å². The fourth-order valence-electron chi connectivity index (χ4n) is 5.39. The molecule has 1 saturated heterocycles. The second-order valence-electron chi connectivity index (χ2n) is 10.3. The summed E-state index contributed by atoms with van der Waals surface area (Å²) < 4.78 is 1.55. The summed E-state index contributed by atoms with van der Waals surface area (Å²) in [7, 11) is 1.69. The van der Waals surface area contributed by atoms with Gasteiger partial charge in [-0.3, -0.25) is 24.6 Å². The fraction of sp³-hybridized carbons (Fsp3) is 0.357. The first kappa shape index (κ1) is 26.1. The maximum absolute atomic E-state index is 13.8. The molecule has 1 aliphatic heterocycles. The fourth-order valence-corrected chi connectivity index (χ4v) is 5.39. The number of hydrogen-bond donors (Lipinski definition) is 4. The van der Waals surface area contributed by atoms with Crippen LogP contribution in [0, 0.1) is 5.41 Å². The van der Waals surface area contributed by atoms with Crippen molar-refractivity contribution < 1.29 is 19.5 Å². The van der Waals surface area contributed by atoms with Crippen molar-refractivity contribution in [1.29, 1.82) is 5.41 Å². The Kier molecular flexibility index (Phi) is 6.67. The number of carboxylic acid groups (broad SMARTS) is 1. The smallest absolute Gasteiger partial charge is 0.322 e. The van der Waals surface area contributed by atoms with E-state index in [9.17, 15) is 19.2 Å². The van der Waals surface area contributed by atoms with Crippen LogP contribution in [0.1, 0.15) is 48.1 Å². The number of nitrogens with one attached hydrogen (secondary N) is 2. The number of carboxylic acids is 1. The zero-order valence-corrected chi connectivity index (χ0v) is 21.6. The van der Waals surface area contributed by atoms with Gasteiger partial charge >= 0.3 is 5.97 Å². The largest absolute Gasteiger partial charge is 0.480 e. The number of amidine groups is 1. The van der Waals surface area contributed by atoms with Crippen molar-refractivity contribution in [3.63, 3.8) is 0 Å². The van der Waals surface area contributed by atoms with Gasteiger partial charge in [0.25, 0.3) is 5.56 Å². The van der Waals surface area contributed by atoms with Gasteiger partial charge in [-0.15, -0.1) is 0 Å². The van der Waals surface area contributed by atoms with Crippen molar-refractivity contribution in [3.8, 4) is 0 Å². The number of carbonyl (C=O) groups is 3. The van der Waals surface area contributed by atoms with Crippen LogP contribution in [0.4, 0.5) is 0 Å². The molecule has 0 bridgehead atoms. The molecule has 1 unspecified atom stereocenters. The van der Waals surface area contributed by atoms with E-state index in [-0.39, 0.29) is 17.3 Å². The monoisotopic (exact) mass is 530 g/mol. The second-order valence-corrected chi connectivity index (χ2v) is 10.3. The molecule has 1 atom stereocenters. The first-order chi connectivity index (χ1) is 18.6. The van der Waals surface area contributed by atoms with E-state index in [2.05, 4.69) is 10.3 Å². The highest BCUT2D eigenvalue weighted by Crippen LogP contribution is 2.50. The third-order valence-corrected chi connectivity index (χ3v) is 7.72. The number of nitrogen functional groups attached to an aromatic ring is 1. The highest BCUT2D eigenvalue weighted by atomic mass is 16.4. The predicted molar refractivity (Wildman–Crippen MR) is 144 cm³/mol. The lowest BCUT2D eigenvalue weighted by atomic mass is 9.93. The molecule has 11 nitrogen and oxygen atoms in total. The highest BCUT2D eigenvalue weighted by molar-refractivity contribution is 5.97. The minimum Gasteiger partial charge on any atom is -0.480 e. The Labute approximate surface area is 224 Å². The molecule has 0 spiro atoms. The lowest BCUT2D eigenvalue weighted by Gasteiger charge is -2.28. The number of nitrogens with two attached hydrogens (primary N) is 1. The van der Waals surface area contributed by atoms with Crippen molar-refractivity contribution in [2.75, 3.05) is 13.1 Å². The van der Waals surface area contributed by atoms with Gasteiger partial charge < -0.3 is 25.6 Å². The number of likely N-dealkylation sites (tertiary alicyclic amines) is 1. The predicted octanol–water partition coefficient (Wildman–Crippen LogP) is 1.03. The zero-order chi connectivity index (χ0) is 27.9. The molecule has 1 aromatic heterocycles. The Hall–Kier alpha value is -4.54. The molecule has 11 heteroatoms. The molecule has 2 fully saturated rings. The van der Waals surface area contributed by atoms with Gasteiger partial charge in [-0.2, -0.15) is 0 Å². The number of aryl methyl sites for hydroxylation is 1. The summed E-state index contributed by atoms with van der Waals surface area (Å²) in [4.78, 5) is 56.5. The number of aliphatic carboxylic acids is 1. The van der Waals surface area contributed by atoms with Crippen LogP contribution in [-0.4, -0.2) is 62.3 Å². The van der Waals surface area contributed by atoms with E-state index in [1.54, 1.807) is 34.7 Å². The number of benzene rings is 2. The maximum atomic E-state index is 13.8. The van der Waals surface area contributed by atoms with Gasteiger partial charge in [0, 0.05) is 25.6 Å². The van der Waals surface area contributed by atoms with E-state index < -0.39 is 29.9 Å². The minimum atomic E-state index is -1.14. The standard InChI is InChI=1S/C28H30N6O5/c1-33-21-9-8-18(14-19(21)32-20(26(33)38)13-16-4-6-17(7-5-16)24(29)30)28(10-11-28)27(39)34-12-2-3-22(34)25(37)31-15-23(35)36/h4-9,14,22H,2-3,10-13,15H2,1H3,(H3,29,30)(H,31,37)(H,35,36). The van der Waals surface area contributed by atoms with E-state index in [0.717, 1.165) is 11.1 Å². The zero-order valence-electron chi connectivity index (χ0n) is 21.6. The minimum absolute atomic E-state index is 0.0292. The van der Waals surface area contributed by atoms with E-state index in [4.69, 9.17) is 16.2 Å². The van der Waals surface area contributed by atoms with Gasteiger partial charge in [0.05, 0.1) is 16.4 Å². The number of fused-ring (bicyclic) bond motifs is 1. The first-order valence-electron chi connectivity index (χ1n) is 12.8. The topological polar surface area (TPSA) is 171 Å². The van der Waals surface area contributed by atoms with Crippen LogP contribution in [0.2, 0.25) is 0 Å². The van der Waals surface area contributed by atoms with Gasteiger partial charge in [0.2, 0.25) is 11.8 Å². The molecule has 1 saturated carbocycles. The summed E-state index contributed by atoms with van der Waals surface area (Å²) in [6.07, 6.45) is 2.74. The summed E-state index contributed by atoms with van der Waals surface area (Å²) in [6.45, 7) is -0.0422. The van der Waals surface area contributed by atoms with E-state index in [1.807, 2.05) is 24.3 Å². The lowest BCUT2D eigenvalue weighted by Crippen LogP contribution is -2.50. The summed E-state index contributed by atoms with van der Waals surface area (Å²) in [5.41, 5.74) is 8.42. The van der Waals surface area contributed by atoms with Crippen LogP contribution in [0.5, 0.6) is 0 Å². The summed E-state index contributed by atoms with van der Waals surface area (Å²) in [5, 5.41) is 18.8. The normalized spacial score (nSPS) is 17.7. The van der Waals surface area contributed by atoms with Crippen LogP contribution in [-0.2, 0) is 33.3 Å². The molecule has 2 aromatic carbocycles. The number of hydrogen-bond acceptors (Lipinski definition) is 6. The van der Waals surface area contributed by atoms with Gasteiger partial charge in [0.1, 0.15) is 24.1 Å². The highest BCUT2D eigenvalue weighted by Gasteiger charge is 2.55. The molecule has 5 rings (SSSR count). The molecule has 39 heavy (non-hydrogen) atoms. The average molecular weight is 531 g/mol. The van der Waals surface area contributed by atoms with Gasteiger partial charge in [-0.25, -0.2) is 4.98 Å². The summed E-state index contributed by atoms with van der Waals surface area (Å²) in [6, 6.07) is 11.9. The molecule has 0 radical (unpaired) electrons. The molecular formula is C28H30N6O5. The number of aromatic nitrogens is 2. The van der Waals surface area contributed by atoms with Gasteiger partial charge in [0.15, 0.2) is 0 Å². The van der Waals surface area contributed by atoms with Crippen LogP contribution in [0.15, 0.2) is 47.3 Å². The van der Waals surface area contributed by atoms with Crippen LogP contribution in [0.3, 0.4) is 0 Å². The molecule has 5 N–H and O–H groups in total. The van der Waals surface area contributed by atoms with Crippen LogP contribution >= 0.6 is 0 Å². The van der Waals surface area contributed by atoms with E-state index >= 15 is 0 Å². The summed E-state index contributed by atoms with van der Waals surface area (Å²) >= 11 is 0. The third kappa shape index (κ3) is 4.87. The second kappa shape index (κ2) is 9.97. The Morgan fingerprint density at radius 1 is 1.18 bits per heavy atom. The van der Waals surface area contributed by atoms with Crippen molar-refractivity contribution in [3.05, 3.63) is 75.2 Å². The van der Waals surface area contributed by atoms with Gasteiger partial charge in [-0.1, -0.05) is 30.3 Å². The number of rotatable bonds is 8. The first-order valence-corrected chi connectivity index (χ1v) is 12.8. The molecule has 2 heterocycles. The van der Waals surface area contributed by atoms with Gasteiger partial charge in [-0.05, 0) is 48.9 Å².